The smallest absolute Gasteiger partial charge is 0.195 e. The Balaban J connectivity index is 2.95. The lowest BCUT2D eigenvalue weighted by Crippen LogP contribution is -1.97. The first-order valence-electron chi connectivity index (χ1n) is 2.68. The van der Waals surface area contributed by atoms with E-state index in [1.165, 1.54) is 6.33 Å². The highest BCUT2D eigenvalue weighted by molar-refractivity contribution is 14.1. The van der Waals surface area contributed by atoms with Crippen LogP contribution in [0.5, 0.6) is 0 Å². The van der Waals surface area contributed by atoms with Gasteiger partial charge in [0, 0.05) is 28.7 Å². The van der Waals surface area contributed by atoms with Gasteiger partial charge in [-0.15, -0.1) is 0 Å². The van der Waals surface area contributed by atoms with Gasteiger partial charge in [-0.05, 0) is 0 Å². The molecule has 0 spiro atoms. The molecule has 4 nitrogen and oxygen atoms in total. The molecular formula is C5H3IN4. The largest absolute Gasteiger partial charge is 0.217 e. The molecule has 50 valence electrons. The van der Waals surface area contributed by atoms with Crippen molar-refractivity contribution in [2.75, 3.05) is 0 Å². The van der Waals surface area contributed by atoms with Crippen LogP contribution in [0, 0.1) is 3.83 Å². The van der Waals surface area contributed by atoms with Crippen molar-refractivity contribution < 1.29 is 0 Å². The number of aromatic nitrogens is 4. The molecule has 2 aromatic heterocycles. The van der Waals surface area contributed by atoms with Crippen LogP contribution >= 0.6 is 22.6 Å². The fraction of sp³-hybridized carbons (Fsp3) is 0. The number of nitrogens with zero attached hydrogens (tertiary/aromatic N) is 4. The first-order valence-corrected chi connectivity index (χ1v) is 3.76. The molecule has 0 saturated carbocycles. The number of halogens is 1. The highest BCUT2D eigenvalue weighted by Gasteiger charge is 1.96. The van der Waals surface area contributed by atoms with Crippen LogP contribution in [0.3, 0.4) is 0 Å². The van der Waals surface area contributed by atoms with E-state index in [1.54, 1.807) is 10.7 Å². The molecule has 0 aliphatic rings. The standard InChI is InChI=1S/C5H3IN4/c6-5-8-3-7-4-1-2-9-10(4)5/h1-3H. The van der Waals surface area contributed by atoms with Gasteiger partial charge in [0.15, 0.2) is 9.48 Å². The number of hydrogen-bond donors (Lipinski definition) is 0. The molecule has 0 fully saturated rings. The van der Waals surface area contributed by atoms with Gasteiger partial charge in [-0.2, -0.15) is 9.61 Å². The quantitative estimate of drug-likeness (QED) is 0.643. The van der Waals surface area contributed by atoms with Gasteiger partial charge in [-0.3, -0.25) is 0 Å². The molecule has 0 amide bonds. The number of rotatable bonds is 0. The van der Waals surface area contributed by atoms with Crippen molar-refractivity contribution in [1.82, 2.24) is 19.6 Å². The van der Waals surface area contributed by atoms with Crippen LogP contribution in [0.15, 0.2) is 18.6 Å². The zero-order valence-electron chi connectivity index (χ0n) is 4.90. The summed E-state index contributed by atoms with van der Waals surface area (Å²) in [5, 5.41) is 4.00. The van der Waals surface area contributed by atoms with E-state index < -0.39 is 0 Å². The normalized spacial score (nSPS) is 10.5. The van der Waals surface area contributed by atoms with Crippen molar-refractivity contribution in [2.45, 2.75) is 0 Å². The lowest BCUT2D eigenvalue weighted by molar-refractivity contribution is 0.855. The fourth-order valence-corrected chi connectivity index (χ4v) is 1.22. The van der Waals surface area contributed by atoms with Crippen LogP contribution in [-0.2, 0) is 0 Å². The van der Waals surface area contributed by atoms with Gasteiger partial charge >= 0.3 is 0 Å². The molecule has 2 rings (SSSR count). The van der Waals surface area contributed by atoms with Crippen LogP contribution in [0.1, 0.15) is 0 Å². The van der Waals surface area contributed by atoms with Crippen LogP contribution < -0.4 is 0 Å². The Bertz CT molecular complexity index is 355. The third-order valence-electron chi connectivity index (χ3n) is 1.15. The predicted molar refractivity (Wildman–Crippen MR) is 43.5 cm³/mol. The Labute approximate surface area is 70.4 Å². The van der Waals surface area contributed by atoms with E-state index in [1.807, 2.05) is 6.07 Å². The summed E-state index contributed by atoms with van der Waals surface area (Å²) in [6.07, 6.45) is 3.23. The summed E-state index contributed by atoms with van der Waals surface area (Å²) >= 11 is 2.10. The van der Waals surface area contributed by atoms with Crippen LogP contribution in [-0.4, -0.2) is 19.6 Å². The molecule has 0 unspecified atom stereocenters. The van der Waals surface area contributed by atoms with Crippen molar-refractivity contribution in [1.29, 1.82) is 0 Å². The summed E-state index contributed by atoms with van der Waals surface area (Å²) in [6.45, 7) is 0. The van der Waals surface area contributed by atoms with Crippen LogP contribution in [0.25, 0.3) is 5.65 Å². The average Bonchev–Trinajstić information content (AvgIpc) is 2.36. The van der Waals surface area contributed by atoms with Gasteiger partial charge < -0.3 is 0 Å². The van der Waals surface area contributed by atoms with Gasteiger partial charge in [-0.25, -0.2) is 9.97 Å². The Hall–Kier alpha value is -0.720. The van der Waals surface area contributed by atoms with Crippen LogP contribution in [0.4, 0.5) is 0 Å². The van der Waals surface area contributed by atoms with Gasteiger partial charge in [0.05, 0.1) is 6.20 Å². The number of hydrogen-bond acceptors (Lipinski definition) is 3. The predicted octanol–water partition coefficient (Wildman–Crippen LogP) is 0.729. The minimum absolute atomic E-state index is 0.826. The zero-order valence-corrected chi connectivity index (χ0v) is 7.06. The van der Waals surface area contributed by atoms with Gasteiger partial charge in [0.1, 0.15) is 6.33 Å². The lowest BCUT2D eigenvalue weighted by atomic mass is 10.7. The molecule has 10 heavy (non-hydrogen) atoms. The van der Waals surface area contributed by atoms with E-state index in [0.717, 1.165) is 9.48 Å². The van der Waals surface area contributed by atoms with Crippen molar-refractivity contribution in [2.24, 2.45) is 0 Å². The summed E-state index contributed by atoms with van der Waals surface area (Å²) in [5.41, 5.74) is 0.833. The van der Waals surface area contributed by atoms with Crippen molar-refractivity contribution in [3.8, 4) is 0 Å². The van der Waals surface area contributed by atoms with Crippen molar-refractivity contribution in [3.63, 3.8) is 0 Å². The maximum atomic E-state index is 4.00. The summed E-state index contributed by atoms with van der Waals surface area (Å²) in [7, 11) is 0. The Morgan fingerprint density at radius 2 is 2.30 bits per heavy atom. The second-order valence-electron chi connectivity index (χ2n) is 1.74. The molecule has 0 aliphatic carbocycles. The molecule has 0 N–H and O–H groups in total. The van der Waals surface area contributed by atoms with E-state index >= 15 is 0 Å². The third kappa shape index (κ3) is 0.772. The van der Waals surface area contributed by atoms with E-state index in [-0.39, 0.29) is 0 Å². The van der Waals surface area contributed by atoms with Crippen LogP contribution in [0.2, 0.25) is 0 Å². The summed E-state index contributed by atoms with van der Waals surface area (Å²) in [6, 6.07) is 1.84. The first-order chi connectivity index (χ1) is 4.88. The lowest BCUT2D eigenvalue weighted by Gasteiger charge is -1.91. The highest BCUT2D eigenvalue weighted by Crippen LogP contribution is 2.01. The topological polar surface area (TPSA) is 43.1 Å². The third-order valence-corrected chi connectivity index (χ3v) is 1.89. The molecule has 0 bridgehead atoms. The fourth-order valence-electron chi connectivity index (χ4n) is 0.727. The Morgan fingerprint density at radius 3 is 3.10 bits per heavy atom. The maximum Gasteiger partial charge on any atom is 0.195 e. The van der Waals surface area contributed by atoms with Gasteiger partial charge in [-0.1, -0.05) is 0 Å². The molecule has 0 atom stereocenters. The van der Waals surface area contributed by atoms with Crippen molar-refractivity contribution >= 4 is 28.2 Å². The first kappa shape index (κ1) is 6.02. The molecule has 5 heteroatoms. The van der Waals surface area contributed by atoms with Gasteiger partial charge in [0.2, 0.25) is 0 Å². The average molecular weight is 246 g/mol. The summed E-state index contributed by atoms with van der Waals surface area (Å²) < 4.78 is 2.51. The molecular weight excluding hydrogens is 243 g/mol. The SMILES string of the molecule is Ic1ncnc2ccnn12. The Morgan fingerprint density at radius 1 is 1.40 bits per heavy atom. The van der Waals surface area contributed by atoms with E-state index in [4.69, 9.17) is 0 Å². The number of fused-ring (bicyclic) bond motifs is 1. The summed E-state index contributed by atoms with van der Waals surface area (Å²) in [4.78, 5) is 7.94. The monoisotopic (exact) mass is 246 g/mol. The molecule has 0 saturated heterocycles. The second-order valence-corrected chi connectivity index (χ2v) is 2.71. The van der Waals surface area contributed by atoms with E-state index in [9.17, 15) is 0 Å². The highest BCUT2D eigenvalue weighted by atomic mass is 127. The molecule has 0 radical (unpaired) electrons. The molecule has 0 aliphatic heterocycles. The molecule has 2 heterocycles. The Kier molecular flexibility index (Phi) is 1.30. The van der Waals surface area contributed by atoms with Crippen molar-refractivity contribution in [3.05, 3.63) is 22.4 Å². The maximum absolute atomic E-state index is 4.00. The minimum Gasteiger partial charge on any atom is -0.217 e. The van der Waals surface area contributed by atoms with E-state index in [0.29, 0.717) is 0 Å². The molecule has 2 aromatic rings. The second kappa shape index (κ2) is 2.15. The molecule has 0 aromatic carbocycles. The zero-order chi connectivity index (χ0) is 6.97. The summed E-state index contributed by atoms with van der Waals surface area (Å²) in [5.74, 6) is 0. The minimum atomic E-state index is 0.826. The van der Waals surface area contributed by atoms with Gasteiger partial charge in [0.25, 0.3) is 0 Å². The van der Waals surface area contributed by atoms with E-state index in [2.05, 4.69) is 37.7 Å².